The molecule has 244 valence electrons. The van der Waals surface area contributed by atoms with E-state index in [0.717, 1.165) is 87.0 Å². The van der Waals surface area contributed by atoms with Crippen molar-refractivity contribution in [3.63, 3.8) is 0 Å². The molecule has 6 heteroatoms. The number of unbranched alkanes of at least 4 members (excludes halogenated alkanes) is 1. The molecule has 1 fully saturated rings. The summed E-state index contributed by atoms with van der Waals surface area (Å²) in [6.07, 6.45) is 17.2. The maximum atomic E-state index is 13.7. The van der Waals surface area contributed by atoms with Crippen LogP contribution in [-0.4, -0.2) is 51.1 Å². The van der Waals surface area contributed by atoms with E-state index in [-0.39, 0.29) is 5.91 Å². The first kappa shape index (κ1) is 35.6. The zero-order valence-electron chi connectivity index (χ0n) is 29.2. The van der Waals surface area contributed by atoms with E-state index >= 15 is 0 Å². The number of nitrogens with zero attached hydrogens (tertiary/aromatic N) is 4. The van der Waals surface area contributed by atoms with Gasteiger partial charge in [0.25, 0.3) is 5.91 Å². The molecule has 2 aromatic heterocycles. The number of hydrogen-bond donors (Lipinski definition) is 1. The third kappa shape index (κ3) is 9.57. The van der Waals surface area contributed by atoms with Gasteiger partial charge >= 0.3 is 0 Å². The molecule has 0 atom stereocenters. The standard InChI is InChI=1S/C32H46N4O.C4H9N.C2H6/c1-7-8-18-36-30-21-25(32(37)35(19-16-23(2)3)20-17-24(4)5)14-15-28(30)33-31(36)27-22-34(6)29-13-11-9-10-12-26(27)29;1-2-4-5-3-1;1-2/h11,13-15,21-24H,7-10,12,16-20H2,1-6H3;5H,1-4H2;1-2H3. The van der Waals surface area contributed by atoms with Crippen LogP contribution in [0.2, 0.25) is 0 Å². The van der Waals surface area contributed by atoms with E-state index in [1.165, 1.54) is 42.8 Å². The molecule has 1 aliphatic carbocycles. The predicted octanol–water partition coefficient (Wildman–Crippen LogP) is 9.12. The van der Waals surface area contributed by atoms with Crippen molar-refractivity contribution in [2.45, 2.75) is 113 Å². The fourth-order valence-electron chi connectivity index (χ4n) is 5.91. The van der Waals surface area contributed by atoms with Crippen molar-refractivity contribution in [1.29, 1.82) is 0 Å². The van der Waals surface area contributed by atoms with E-state index in [1.807, 2.05) is 19.9 Å². The number of carbonyl (C=O) groups excluding carboxylic acids is 1. The molecule has 6 nitrogen and oxygen atoms in total. The van der Waals surface area contributed by atoms with Gasteiger partial charge in [-0.3, -0.25) is 4.79 Å². The lowest BCUT2D eigenvalue weighted by Crippen LogP contribution is -2.34. The Bertz CT molecular complexity index is 1310. The number of fused-ring (bicyclic) bond motifs is 2. The first-order valence-electron chi connectivity index (χ1n) is 17.7. The van der Waals surface area contributed by atoms with Crippen molar-refractivity contribution in [3.05, 3.63) is 47.3 Å². The molecular formula is C38H61N5O. The van der Waals surface area contributed by atoms with E-state index in [9.17, 15) is 4.79 Å². The van der Waals surface area contributed by atoms with Crippen LogP contribution in [0.15, 0.2) is 30.5 Å². The first-order chi connectivity index (χ1) is 21.3. The summed E-state index contributed by atoms with van der Waals surface area (Å²) >= 11 is 0. The van der Waals surface area contributed by atoms with Gasteiger partial charge in [0.15, 0.2) is 0 Å². The average Bonchev–Trinajstić information content (AvgIpc) is 3.73. The minimum absolute atomic E-state index is 0.145. The van der Waals surface area contributed by atoms with Crippen molar-refractivity contribution >= 4 is 23.0 Å². The Hall–Kier alpha value is -2.86. The number of benzene rings is 1. The van der Waals surface area contributed by atoms with Gasteiger partial charge < -0.3 is 19.4 Å². The maximum Gasteiger partial charge on any atom is 0.253 e. The Morgan fingerprint density at radius 2 is 1.70 bits per heavy atom. The number of aromatic nitrogens is 3. The van der Waals surface area contributed by atoms with Crippen molar-refractivity contribution < 1.29 is 4.79 Å². The molecule has 5 rings (SSSR count). The predicted molar refractivity (Wildman–Crippen MR) is 189 cm³/mol. The van der Waals surface area contributed by atoms with Crippen LogP contribution in [0, 0.1) is 11.8 Å². The molecule has 1 aliphatic heterocycles. The molecule has 44 heavy (non-hydrogen) atoms. The molecule has 0 spiro atoms. The molecule has 1 aromatic carbocycles. The Kier molecular flexibility index (Phi) is 14.7. The van der Waals surface area contributed by atoms with Crippen molar-refractivity contribution in [2.75, 3.05) is 26.2 Å². The molecule has 2 aliphatic rings. The van der Waals surface area contributed by atoms with Crippen molar-refractivity contribution in [1.82, 2.24) is 24.3 Å². The number of allylic oxidation sites excluding steroid dienone is 1. The summed E-state index contributed by atoms with van der Waals surface area (Å²) < 4.78 is 4.61. The highest BCUT2D eigenvalue weighted by atomic mass is 16.2. The quantitative estimate of drug-likeness (QED) is 0.238. The molecule has 0 saturated carbocycles. The second kappa shape index (κ2) is 18.2. The average molecular weight is 604 g/mol. The van der Waals surface area contributed by atoms with Gasteiger partial charge in [-0.05, 0) is 106 Å². The lowest BCUT2D eigenvalue weighted by Gasteiger charge is -2.24. The molecule has 1 amide bonds. The SMILES string of the molecule is C1CCNC1.CC.CCCCn1c(-c2cn(C)c3c2CCCC=C3)nc2ccc(C(=O)N(CCC(C)C)CCC(C)C)cc21. The summed E-state index contributed by atoms with van der Waals surface area (Å²) in [5.41, 5.74) is 6.75. The summed E-state index contributed by atoms with van der Waals surface area (Å²) in [7, 11) is 2.14. The third-order valence-corrected chi connectivity index (χ3v) is 8.58. The van der Waals surface area contributed by atoms with Crippen LogP contribution >= 0.6 is 0 Å². The third-order valence-electron chi connectivity index (χ3n) is 8.58. The van der Waals surface area contributed by atoms with Gasteiger partial charge in [-0.25, -0.2) is 4.98 Å². The minimum atomic E-state index is 0.145. The number of aryl methyl sites for hydroxylation is 2. The Labute approximate surface area is 268 Å². The summed E-state index contributed by atoms with van der Waals surface area (Å²) in [6, 6.07) is 6.14. The number of amides is 1. The van der Waals surface area contributed by atoms with Gasteiger partial charge in [-0.15, -0.1) is 0 Å². The molecule has 3 aromatic rings. The minimum Gasteiger partial charge on any atom is -0.350 e. The molecular weight excluding hydrogens is 542 g/mol. The van der Waals surface area contributed by atoms with E-state index in [1.54, 1.807) is 0 Å². The van der Waals surface area contributed by atoms with Gasteiger partial charge in [0.05, 0.1) is 11.0 Å². The number of carbonyl (C=O) groups is 1. The van der Waals surface area contributed by atoms with E-state index in [2.05, 4.69) is 91.5 Å². The fraction of sp³-hybridized carbons (Fsp3) is 0.632. The van der Waals surface area contributed by atoms with Gasteiger partial charge in [0.2, 0.25) is 0 Å². The van der Waals surface area contributed by atoms with Crippen LogP contribution < -0.4 is 5.32 Å². The van der Waals surface area contributed by atoms with E-state index in [0.29, 0.717) is 11.8 Å². The van der Waals surface area contributed by atoms with Crippen LogP contribution in [0.4, 0.5) is 0 Å². The highest BCUT2D eigenvalue weighted by Crippen LogP contribution is 2.34. The van der Waals surface area contributed by atoms with Gasteiger partial charge in [0.1, 0.15) is 5.82 Å². The van der Waals surface area contributed by atoms with Crippen LogP contribution in [0.3, 0.4) is 0 Å². The Morgan fingerprint density at radius 1 is 1.02 bits per heavy atom. The first-order valence-corrected chi connectivity index (χ1v) is 17.7. The summed E-state index contributed by atoms with van der Waals surface area (Å²) in [5.74, 6) is 2.33. The maximum absolute atomic E-state index is 13.7. The van der Waals surface area contributed by atoms with Crippen molar-refractivity contribution in [2.24, 2.45) is 18.9 Å². The number of nitrogens with one attached hydrogen (secondary N) is 1. The molecule has 3 heterocycles. The molecule has 1 N–H and O–H groups in total. The lowest BCUT2D eigenvalue weighted by molar-refractivity contribution is 0.0741. The van der Waals surface area contributed by atoms with Crippen LogP contribution in [0.1, 0.15) is 121 Å². The second-order valence-electron chi connectivity index (χ2n) is 13.1. The van der Waals surface area contributed by atoms with Crippen LogP contribution in [-0.2, 0) is 20.0 Å². The van der Waals surface area contributed by atoms with Crippen LogP contribution in [0.5, 0.6) is 0 Å². The molecule has 0 unspecified atom stereocenters. The highest BCUT2D eigenvalue weighted by Gasteiger charge is 2.23. The molecule has 0 bridgehead atoms. The largest absolute Gasteiger partial charge is 0.350 e. The highest BCUT2D eigenvalue weighted by molar-refractivity contribution is 5.98. The molecule has 1 saturated heterocycles. The summed E-state index contributed by atoms with van der Waals surface area (Å²) in [5, 5.41) is 3.22. The van der Waals surface area contributed by atoms with Gasteiger partial charge in [-0.1, -0.05) is 61.0 Å². The summed E-state index contributed by atoms with van der Waals surface area (Å²) in [6.45, 7) is 20.2. The number of rotatable bonds is 11. The van der Waals surface area contributed by atoms with Gasteiger partial charge in [0, 0.05) is 49.7 Å². The van der Waals surface area contributed by atoms with E-state index < -0.39 is 0 Å². The van der Waals surface area contributed by atoms with Gasteiger partial charge in [-0.2, -0.15) is 0 Å². The Morgan fingerprint density at radius 3 is 2.30 bits per heavy atom. The zero-order chi connectivity index (χ0) is 32.1. The number of imidazole rings is 1. The second-order valence-corrected chi connectivity index (χ2v) is 13.1. The zero-order valence-corrected chi connectivity index (χ0v) is 29.2. The lowest BCUT2D eigenvalue weighted by atomic mass is 10.1. The van der Waals surface area contributed by atoms with Crippen LogP contribution in [0.25, 0.3) is 28.5 Å². The smallest absolute Gasteiger partial charge is 0.253 e. The molecule has 0 radical (unpaired) electrons. The fourth-order valence-corrected chi connectivity index (χ4v) is 5.91. The topological polar surface area (TPSA) is 55.1 Å². The number of hydrogen-bond acceptors (Lipinski definition) is 3. The Balaban J connectivity index is 0.000000675. The summed E-state index contributed by atoms with van der Waals surface area (Å²) in [4.78, 5) is 21.0. The normalized spacial score (nSPS) is 14.2. The monoisotopic (exact) mass is 603 g/mol. The van der Waals surface area contributed by atoms with Crippen molar-refractivity contribution in [3.8, 4) is 11.4 Å². The van der Waals surface area contributed by atoms with E-state index in [4.69, 9.17) is 4.98 Å².